The van der Waals surface area contributed by atoms with E-state index in [2.05, 4.69) is 15.5 Å². The number of benzene rings is 2. The van der Waals surface area contributed by atoms with Gasteiger partial charge in [-0.1, -0.05) is 31.1 Å². The minimum absolute atomic E-state index is 0.147. The number of carbonyl (C=O) groups is 1. The zero-order valence-electron chi connectivity index (χ0n) is 21.7. The number of aryl methyl sites for hydroxylation is 1. The summed E-state index contributed by atoms with van der Waals surface area (Å²) in [5, 5.41) is 6.95. The van der Waals surface area contributed by atoms with Crippen molar-refractivity contribution < 1.29 is 22.5 Å². The Morgan fingerprint density at radius 3 is 2.62 bits per heavy atom. The fourth-order valence-electron chi connectivity index (χ4n) is 4.33. The van der Waals surface area contributed by atoms with Gasteiger partial charge in [0.05, 0.1) is 17.4 Å². The Morgan fingerprint density at radius 2 is 1.97 bits per heavy atom. The van der Waals surface area contributed by atoms with Gasteiger partial charge < -0.3 is 14.6 Å². The van der Waals surface area contributed by atoms with E-state index in [4.69, 9.17) is 9.26 Å². The first-order chi connectivity index (χ1) is 17.7. The average molecular weight is 527 g/mol. The highest BCUT2D eigenvalue weighted by Crippen LogP contribution is 2.28. The third-order valence-corrected chi connectivity index (χ3v) is 8.26. The van der Waals surface area contributed by atoms with Gasteiger partial charge in [-0.15, -0.1) is 0 Å². The van der Waals surface area contributed by atoms with Crippen molar-refractivity contribution in [2.45, 2.75) is 57.8 Å². The van der Waals surface area contributed by atoms with Crippen molar-refractivity contribution in [3.63, 3.8) is 0 Å². The number of nitrogens with one attached hydrogen (secondary N) is 1. The molecule has 3 aromatic rings. The van der Waals surface area contributed by atoms with Crippen LogP contribution in [0.15, 0.2) is 51.9 Å². The molecule has 9 nitrogen and oxygen atoms in total. The van der Waals surface area contributed by atoms with Crippen molar-refractivity contribution >= 4 is 21.6 Å². The van der Waals surface area contributed by atoms with Crippen molar-refractivity contribution in [3.8, 4) is 5.75 Å². The van der Waals surface area contributed by atoms with Crippen LogP contribution in [-0.2, 0) is 21.2 Å². The van der Waals surface area contributed by atoms with Gasteiger partial charge in [0.25, 0.3) is 0 Å². The average Bonchev–Trinajstić information content (AvgIpc) is 3.35. The molecular formula is C27H34N4O5S. The fourth-order valence-corrected chi connectivity index (χ4v) is 5.94. The van der Waals surface area contributed by atoms with Gasteiger partial charge in [0.15, 0.2) is 5.82 Å². The predicted molar refractivity (Wildman–Crippen MR) is 140 cm³/mol. The molecule has 1 N–H and O–H groups in total. The minimum Gasteiger partial charge on any atom is -0.494 e. The second-order valence-electron chi connectivity index (χ2n) is 9.63. The monoisotopic (exact) mass is 526 g/mol. The predicted octanol–water partition coefficient (Wildman–Crippen LogP) is 4.53. The van der Waals surface area contributed by atoms with Crippen LogP contribution in [0.1, 0.15) is 62.4 Å². The molecule has 1 saturated heterocycles. The number of sulfonamides is 1. The third kappa shape index (κ3) is 6.37. The molecule has 1 atom stereocenters. The fraction of sp³-hybridized carbons (Fsp3) is 0.444. The van der Waals surface area contributed by atoms with Crippen LogP contribution in [0.2, 0.25) is 0 Å². The lowest BCUT2D eigenvalue weighted by atomic mass is 9.98. The maximum absolute atomic E-state index is 13.3. The van der Waals surface area contributed by atoms with Crippen LogP contribution in [0.4, 0.5) is 5.69 Å². The van der Waals surface area contributed by atoms with Crippen molar-refractivity contribution in [3.05, 3.63) is 65.3 Å². The number of ether oxygens (including phenoxy) is 1. The summed E-state index contributed by atoms with van der Waals surface area (Å²) in [6, 6.07) is 12.4. The van der Waals surface area contributed by atoms with Gasteiger partial charge in [-0.3, -0.25) is 4.79 Å². The summed E-state index contributed by atoms with van der Waals surface area (Å²) in [6.45, 7) is 8.75. The van der Waals surface area contributed by atoms with Crippen molar-refractivity contribution in [2.75, 3.05) is 25.0 Å². The first-order valence-corrected chi connectivity index (χ1v) is 14.1. The number of amides is 1. The number of rotatable bonds is 9. The van der Waals surface area contributed by atoms with Crippen LogP contribution in [0.5, 0.6) is 5.75 Å². The van der Waals surface area contributed by atoms with Crippen LogP contribution < -0.4 is 10.1 Å². The number of anilines is 1. The molecular weight excluding hydrogens is 492 g/mol. The van der Waals surface area contributed by atoms with E-state index in [1.165, 1.54) is 4.31 Å². The quantitative estimate of drug-likeness (QED) is 0.436. The zero-order chi connectivity index (χ0) is 26.6. The van der Waals surface area contributed by atoms with E-state index < -0.39 is 15.9 Å². The molecule has 1 aliphatic rings. The molecule has 37 heavy (non-hydrogen) atoms. The SMILES string of the molecule is CCOc1ccc(S(=O)(=O)N2CCC[C@@H](C(=O)Nc3ccc(Cc4noc(C(C)C)n4)cc3)C2)cc1C. The minimum atomic E-state index is -3.72. The van der Waals surface area contributed by atoms with Gasteiger partial charge in [-0.25, -0.2) is 8.42 Å². The Balaban J connectivity index is 1.37. The van der Waals surface area contributed by atoms with Crippen molar-refractivity contribution in [1.29, 1.82) is 0 Å². The highest BCUT2D eigenvalue weighted by Gasteiger charge is 2.33. The molecule has 0 radical (unpaired) electrons. The maximum atomic E-state index is 13.3. The molecule has 0 unspecified atom stereocenters. The second kappa shape index (κ2) is 11.4. The molecule has 10 heteroatoms. The smallest absolute Gasteiger partial charge is 0.243 e. The normalized spacial score (nSPS) is 16.6. The van der Waals surface area contributed by atoms with E-state index in [0.717, 1.165) is 11.1 Å². The molecule has 1 aromatic heterocycles. The third-order valence-electron chi connectivity index (χ3n) is 6.40. The Labute approximate surface area is 218 Å². The zero-order valence-corrected chi connectivity index (χ0v) is 22.5. The number of piperidine rings is 1. The van der Waals surface area contributed by atoms with E-state index in [1.54, 1.807) is 18.2 Å². The largest absolute Gasteiger partial charge is 0.494 e. The standard InChI is InChI=1S/C27H34N4O5S/c1-5-35-24-13-12-23(15-19(24)4)37(33,34)31-14-6-7-21(17-31)26(32)28-22-10-8-20(9-11-22)16-25-29-27(18(2)3)36-30-25/h8-13,15,18,21H,5-7,14,16-17H2,1-4H3,(H,28,32)/t21-/m1/s1. The number of nitrogens with zero attached hydrogens (tertiary/aromatic N) is 3. The van der Waals surface area contributed by atoms with Gasteiger partial charge >= 0.3 is 0 Å². The van der Waals surface area contributed by atoms with Gasteiger partial charge in [-0.2, -0.15) is 9.29 Å². The number of carbonyl (C=O) groups excluding carboxylic acids is 1. The first kappa shape index (κ1) is 26.8. The number of hydrogen-bond acceptors (Lipinski definition) is 7. The molecule has 0 saturated carbocycles. The van der Waals surface area contributed by atoms with Gasteiger partial charge in [-0.05, 0) is 68.1 Å². The Bertz CT molecular complexity index is 1340. The van der Waals surface area contributed by atoms with Crippen LogP contribution >= 0.6 is 0 Å². The van der Waals surface area contributed by atoms with Gasteiger partial charge in [0, 0.05) is 31.1 Å². The van der Waals surface area contributed by atoms with Crippen LogP contribution in [-0.4, -0.2) is 48.5 Å². The lowest BCUT2D eigenvalue weighted by Crippen LogP contribution is -2.43. The van der Waals surface area contributed by atoms with Crippen LogP contribution in [0.25, 0.3) is 0 Å². The van der Waals surface area contributed by atoms with Crippen LogP contribution in [0, 0.1) is 12.8 Å². The molecule has 1 amide bonds. The molecule has 2 heterocycles. The van der Waals surface area contributed by atoms with Crippen molar-refractivity contribution in [2.24, 2.45) is 5.92 Å². The Hall–Kier alpha value is -3.24. The molecule has 4 rings (SSSR count). The summed E-state index contributed by atoms with van der Waals surface area (Å²) >= 11 is 0. The molecule has 0 aliphatic carbocycles. The molecule has 2 aromatic carbocycles. The molecule has 0 bridgehead atoms. The summed E-state index contributed by atoms with van der Waals surface area (Å²) in [4.78, 5) is 17.6. The number of aromatic nitrogens is 2. The highest BCUT2D eigenvalue weighted by atomic mass is 32.2. The van der Waals surface area contributed by atoms with E-state index in [0.29, 0.717) is 55.6 Å². The topological polar surface area (TPSA) is 115 Å². The Kier molecular flexibility index (Phi) is 8.29. The Morgan fingerprint density at radius 1 is 1.22 bits per heavy atom. The summed E-state index contributed by atoms with van der Waals surface area (Å²) < 4.78 is 38.8. The summed E-state index contributed by atoms with van der Waals surface area (Å²) in [6.07, 6.45) is 1.79. The summed E-state index contributed by atoms with van der Waals surface area (Å²) in [5.41, 5.74) is 2.42. The van der Waals surface area contributed by atoms with Crippen molar-refractivity contribution in [1.82, 2.24) is 14.4 Å². The molecule has 1 aliphatic heterocycles. The maximum Gasteiger partial charge on any atom is 0.243 e. The summed E-state index contributed by atoms with van der Waals surface area (Å²) in [5.74, 6) is 1.46. The van der Waals surface area contributed by atoms with E-state index in [1.807, 2.05) is 52.0 Å². The van der Waals surface area contributed by atoms with Gasteiger partial charge in [0.1, 0.15) is 5.75 Å². The lowest BCUT2D eigenvalue weighted by Gasteiger charge is -2.31. The highest BCUT2D eigenvalue weighted by molar-refractivity contribution is 7.89. The second-order valence-corrected chi connectivity index (χ2v) is 11.6. The molecule has 1 fully saturated rings. The van der Waals surface area contributed by atoms with E-state index in [-0.39, 0.29) is 23.3 Å². The first-order valence-electron chi connectivity index (χ1n) is 12.6. The summed E-state index contributed by atoms with van der Waals surface area (Å²) in [7, 11) is -3.72. The molecule has 0 spiro atoms. The van der Waals surface area contributed by atoms with Crippen LogP contribution in [0.3, 0.4) is 0 Å². The lowest BCUT2D eigenvalue weighted by molar-refractivity contribution is -0.120. The molecule has 198 valence electrons. The van der Waals surface area contributed by atoms with Gasteiger partial charge in [0.2, 0.25) is 21.8 Å². The van der Waals surface area contributed by atoms with E-state index >= 15 is 0 Å². The van der Waals surface area contributed by atoms with E-state index in [9.17, 15) is 13.2 Å². The number of hydrogen-bond donors (Lipinski definition) is 1.